The third kappa shape index (κ3) is 3.39. The monoisotopic (exact) mass is 260 g/mol. The molecule has 2 aromatic rings. The summed E-state index contributed by atoms with van der Waals surface area (Å²) in [4.78, 5) is 1.24. The van der Waals surface area contributed by atoms with Gasteiger partial charge in [0.05, 0.1) is 5.03 Å². The number of benzene rings is 2. The van der Waals surface area contributed by atoms with Gasteiger partial charge in [-0.25, -0.2) is 0 Å². The molecule has 0 saturated carbocycles. The highest BCUT2D eigenvalue weighted by molar-refractivity contribution is 8.02. The second kappa shape index (κ2) is 5.95. The molecule has 0 nitrogen and oxygen atoms in total. The predicted octanol–water partition coefficient (Wildman–Crippen LogP) is 5.32. The summed E-state index contributed by atoms with van der Waals surface area (Å²) in [6, 6.07) is 18.3. The lowest BCUT2D eigenvalue weighted by molar-refractivity contribution is 1.31. The highest BCUT2D eigenvalue weighted by Gasteiger charge is 1.99. The van der Waals surface area contributed by atoms with Crippen molar-refractivity contribution in [1.29, 1.82) is 0 Å². The fraction of sp³-hybridized carbons (Fsp3) is 0.0667. The Bertz CT molecular complexity index is 517. The van der Waals surface area contributed by atoms with Gasteiger partial charge in [0.2, 0.25) is 0 Å². The van der Waals surface area contributed by atoms with Gasteiger partial charge in [0, 0.05) is 4.90 Å². The summed E-state index contributed by atoms with van der Waals surface area (Å²) in [5, 5.41) is 2.76. The van der Waals surface area contributed by atoms with Crippen LogP contribution in [0.15, 0.2) is 64.9 Å². The van der Waals surface area contributed by atoms with Gasteiger partial charge in [0.15, 0.2) is 0 Å². The van der Waals surface area contributed by atoms with E-state index in [0.29, 0.717) is 0 Å². The first kappa shape index (κ1) is 12.3. The van der Waals surface area contributed by atoms with E-state index in [0.717, 1.165) is 10.6 Å². The van der Waals surface area contributed by atoms with Gasteiger partial charge in [-0.1, -0.05) is 71.9 Å². The Balaban J connectivity index is 2.14. The van der Waals surface area contributed by atoms with Crippen LogP contribution in [0, 0.1) is 6.92 Å². The van der Waals surface area contributed by atoms with E-state index in [-0.39, 0.29) is 0 Å². The minimum atomic E-state index is 0.777. The zero-order valence-corrected chi connectivity index (χ0v) is 11.1. The van der Waals surface area contributed by atoms with Crippen LogP contribution >= 0.6 is 23.4 Å². The number of rotatable bonds is 3. The maximum absolute atomic E-state index is 6.25. The van der Waals surface area contributed by atoms with E-state index in [1.807, 2.05) is 47.9 Å². The van der Waals surface area contributed by atoms with E-state index in [1.165, 1.54) is 10.5 Å². The Kier molecular flexibility index (Phi) is 4.29. The lowest BCUT2D eigenvalue weighted by Gasteiger charge is -2.02. The Morgan fingerprint density at radius 1 is 1.00 bits per heavy atom. The SMILES string of the molecule is Cc1ccccc1S/C=C(/Cl)c1ccccc1. The molecule has 86 valence electrons. The normalized spacial score (nSPS) is 11.5. The van der Waals surface area contributed by atoms with Gasteiger partial charge in [-0.05, 0) is 29.5 Å². The van der Waals surface area contributed by atoms with Crippen LogP contribution in [-0.4, -0.2) is 0 Å². The molecular formula is C15H13ClS. The molecule has 2 heteroatoms. The molecule has 17 heavy (non-hydrogen) atoms. The molecule has 0 unspecified atom stereocenters. The highest BCUT2D eigenvalue weighted by Crippen LogP contribution is 2.28. The van der Waals surface area contributed by atoms with Crippen molar-refractivity contribution < 1.29 is 0 Å². The third-order valence-corrected chi connectivity index (χ3v) is 3.95. The fourth-order valence-corrected chi connectivity index (χ4v) is 2.51. The molecule has 0 bridgehead atoms. The summed E-state index contributed by atoms with van der Waals surface area (Å²) in [7, 11) is 0. The van der Waals surface area contributed by atoms with E-state index in [1.54, 1.807) is 11.8 Å². The van der Waals surface area contributed by atoms with Crippen LogP contribution in [0.25, 0.3) is 5.03 Å². The second-order valence-electron chi connectivity index (χ2n) is 3.72. The molecule has 0 N–H and O–H groups in total. The number of aryl methyl sites for hydroxylation is 1. The maximum atomic E-state index is 6.25. The van der Waals surface area contributed by atoms with Gasteiger partial charge in [-0.2, -0.15) is 0 Å². The van der Waals surface area contributed by atoms with Gasteiger partial charge < -0.3 is 0 Å². The molecule has 0 fully saturated rings. The Labute approximate surface area is 111 Å². The van der Waals surface area contributed by atoms with Crippen LogP contribution in [0.5, 0.6) is 0 Å². The largest absolute Gasteiger partial charge is 0.0962 e. The van der Waals surface area contributed by atoms with Crippen molar-refractivity contribution in [3.63, 3.8) is 0 Å². The van der Waals surface area contributed by atoms with Gasteiger partial charge in [0.25, 0.3) is 0 Å². The average Bonchev–Trinajstić information content (AvgIpc) is 2.38. The van der Waals surface area contributed by atoms with Crippen LogP contribution in [-0.2, 0) is 0 Å². The Morgan fingerprint density at radius 3 is 2.35 bits per heavy atom. The summed E-state index contributed by atoms with van der Waals surface area (Å²) in [6.07, 6.45) is 0. The lowest BCUT2D eigenvalue weighted by Crippen LogP contribution is -1.77. The average molecular weight is 261 g/mol. The fourth-order valence-electron chi connectivity index (χ4n) is 1.47. The van der Waals surface area contributed by atoms with Gasteiger partial charge in [-0.15, -0.1) is 0 Å². The summed E-state index contributed by atoms with van der Waals surface area (Å²) in [5.74, 6) is 0. The van der Waals surface area contributed by atoms with Crippen molar-refractivity contribution in [2.24, 2.45) is 0 Å². The molecule has 2 rings (SSSR count). The minimum absolute atomic E-state index is 0.777. The summed E-state index contributed by atoms with van der Waals surface area (Å²) < 4.78 is 0. The Morgan fingerprint density at radius 2 is 1.65 bits per heavy atom. The number of halogens is 1. The van der Waals surface area contributed by atoms with E-state index in [9.17, 15) is 0 Å². The second-order valence-corrected chi connectivity index (χ2v) is 5.03. The van der Waals surface area contributed by atoms with Gasteiger partial charge >= 0.3 is 0 Å². The van der Waals surface area contributed by atoms with Crippen molar-refractivity contribution in [3.8, 4) is 0 Å². The predicted molar refractivity (Wildman–Crippen MR) is 77.3 cm³/mol. The number of hydrogen-bond donors (Lipinski definition) is 0. The molecule has 0 saturated heterocycles. The van der Waals surface area contributed by atoms with Gasteiger partial charge in [0.1, 0.15) is 0 Å². The quantitative estimate of drug-likeness (QED) is 0.673. The number of hydrogen-bond acceptors (Lipinski definition) is 1. The van der Waals surface area contributed by atoms with Crippen molar-refractivity contribution in [2.45, 2.75) is 11.8 Å². The molecule has 0 aliphatic heterocycles. The molecule has 0 heterocycles. The first-order valence-corrected chi connectivity index (χ1v) is 6.66. The van der Waals surface area contributed by atoms with Crippen LogP contribution in [0.2, 0.25) is 0 Å². The molecule has 0 aliphatic rings. The number of thioether (sulfide) groups is 1. The molecule has 0 aromatic heterocycles. The Hall–Kier alpha value is -1.18. The van der Waals surface area contributed by atoms with Crippen LogP contribution < -0.4 is 0 Å². The van der Waals surface area contributed by atoms with E-state index < -0.39 is 0 Å². The van der Waals surface area contributed by atoms with E-state index >= 15 is 0 Å². The first-order valence-electron chi connectivity index (χ1n) is 5.41. The smallest absolute Gasteiger partial charge is 0.0544 e. The summed E-state index contributed by atoms with van der Waals surface area (Å²) in [5.41, 5.74) is 2.32. The van der Waals surface area contributed by atoms with Crippen molar-refractivity contribution in [2.75, 3.05) is 0 Å². The zero-order valence-electron chi connectivity index (χ0n) is 9.56. The van der Waals surface area contributed by atoms with Crippen LogP contribution in [0.1, 0.15) is 11.1 Å². The van der Waals surface area contributed by atoms with Crippen molar-refractivity contribution in [1.82, 2.24) is 0 Å². The molecule has 0 aliphatic carbocycles. The zero-order chi connectivity index (χ0) is 12.1. The molecular weight excluding hydrogens is 248 g/mol. The van der Waals surface area contributed by atoms with Gasteiger partial charge in [-0.3, -0.25) is 0 Å². The molecule has 0 radical (unpaired) electrons. The maximum Gasteiger partial charge on any atom is 0.0544 e. The molecule has 2 aromatic carbocycles. The highest BCUT2D eigenvalue weighted by atomic mass is 35.5. The summed E-state index contributed by atoms with van der Waals surface area (Å²) >= 11 is 7.90. The molecule has 0 spiro atoms. The van der Waals surface area contributed by atoms with Crippen LogP contribution in [0.3, 0.4) is 0 Å². The standard InChI is InChI=1S/C15H13ClS/c1-12-7-5-6-10-15(12)17-11-14(16)13-8-3-2-4-9-13/h2-11H,1H3/b14-11+. The minimum Gasteiger partial charge on any atom is -0.0962 e. The van der Waals surface area contributed by atoms with E-state index in [4.69, 9.17) is 11.6 Å². The molecule has 0 amide bonds. The van der Waals surface area contributed by atoms with Crippen molar-refractivity contribution >= 4 is 28.4 Å². The third-order valence-electron chi connectivity index (χ3n) is 2.43. The van der Waals surface area contributed by atoms with E-state index in [2.05, 4.69) is 19.1 Å². The van der Waals surface area contributed by atoms with Crippen LogP contribution in [0.4, 0.5) is 0 Å². The molecule has 0 atom stereocenters. The van der Waals surface area contributed by atoms with Crippen molar-refractivity contribution in [3.05, 3.63) is 71.1 Å². The first-order chi connectivity index (χ1) is 8.27. The topological polar surface area (TPSA) is 0 Å². The summed E-state index contributed by atoms with van der Waals surface area (Å²) in [6.45, 7) is 2.10. The lowest BCUT2D eigenvalue weighted by atomic mass is 10.2.